The number of furan rings is 1. The standard InChI is InChI=1S/C30H31N5O5S2/c1-7-25-21(31-26(41-25)17-8-10-18(11-9-17)27(36)34(3)4)16-39-23-13-30(2,38-6)14-24-19(23)12-22(40-24)20-15-35-28(32-20)42-29(33-35)37-5/h8-13,15H,7,14,16H2,1-6H3. The van der Waals surface area contributed by atoms with Gasteiger partial charge in [0.1, 0.15) is 28.8 Å². The van der Waals surface area contributed by atoms with Gasteiger partial charge in [-0.05, 0) is 49.0 Å². The van der Waals surface area contributed by atoms with Gasteiger partial charge < -0.3 is 23.5 Å². The van der Waals surface area contributed by atoms with Crippen LogP contribution >= 0.6 is 22.7 Å². The van der Waals surface area contributed by atoms with Gasteiger partial charge in [-0.2, -0.15) is 0 Å². The molecule has 6 rings (SSSR count). The Hall–Kier alpha value is -4.00. The minimum absolute atomic E-state index is 0.0285. The van der Waals surface area contributed by atoms with E-state index < -0.39 is 5.60 Å². The molecule has 0 spiro atoms. The van der Waals surface area contributed by atoms with E-state index in [1.54, 1.807) is 49.1 Å². The monoisotopic (exact) mass is 605 g/mol. The van der Waals surface area contributed by atoms with E-state index in [0.29, 0.717) is 41.0 Å². The summed E-state index contributed by atoms with van der Waals surface area (Å²) in [5, 5.41) is 5.80. The van der Waals surface area contributed by atoms with E-state index in [1.807, 2.05) is 49.5 Å². The number of fused-ring (bicyclic) bond motifs is 2. The fraction of sp³-hybridized carbons (Fsp3) is 0.333. The Morgan fingerprint density at radius 1 is 1.17 bits per heavy atom. The number of benzene rings is 1. The quantitative estimate of drug-likeness (QED) is 0.203. The minimum atomic E-state index is -0.590. The summed E-state index contributed by atoms with van der Waals surface area (Å²) in [4.78, 5) is 25.3. The highest BCUT2D eigenvalue weighted by Crippen LogP contribution is 2.40. The lowest BCUT2D eigenvalue weighted by Gasteiger charge is -2.29. The van der Waals surface area contributed by atoms with E-state index in [-0.39, 0.29) is 5.91 Å². The van der Waals surface area contributed by atoms with Gasteiger partial charge >= 0.3 is 0 Å². The molecule has 0 saturated heterocycles. The lowest BCUT2D eigenvalue weighted by atomic mass is 9.91. The second-order valence-electron chi connectivity index (χ2n) is 10.4. The molecule has 1 aromatic carbocycles. The molecule has 1 amide bonds. The van der Waals surface area contributed by atoms with Crippen LogP contribution in [0.2, 0.25) is 0 Å². The zero-order valence-electron chi connectivity index (χ0n) is 24.3. The number of thiazole rings is 1. The van der Waals surface area contributed by atoms with Crippen molar-refractivity contribution in [3.8, 4) is 27.2 Å². The molecule has 5 aromatic rings. The fourth-order valence-corrected chi connectivity index (χ4v) is 6.52. The molecule has 1 unspecified atom stereocenters. The summed E-state index contributed by atoms with van der Waals surface area (Å²) in [6.07, 6.45) is 5.23. The van der Waals surface area contributed by atoms with E-state index in [1.165, 1.54) is 11.3 Å². The van der Waals surface area contributed by atoms with Crippen LogP contribution in [0.15, 0.2) is 47.0 Å². The van der Waals surface area contributed by atoms with Crippen LogP contribution in [0.5, 0.6) is 5.19 Å². The first kappa shape index (κ1) is 28.1. The van der Waals surface area contributed by atoms with Crippen molar-refractivity contribution in [1.82, 2.24) is 24.5 Å². The highest BCUT2D eigenvalue weighted by atomic mass is 32.1. The van der Waals surface area contributed by atoms with Crippen LogP contribution < -0.4 is 4.74 Å². The zero-order valence-corrected chi connectivity index (χ0v) is 25.9. The van der Waals surface area contributed by atoms with Gasteiger partial charge in [0.05, 0.1) is 30.2 Å². The van der Waals surface area contributed by atoms with E-state index in [9.17, 15) is 4.79 Å². The van der Waals surface area contributed by atoms with Crippen LogP contribution in [-0.4, -0.2) is 64.3 Å². The number of hydrogen-bond donors (Lipinski definition) is 0. The molecule has 4 heterocycles. The summed E-state index contributed by atoms with van der Waals surface area (Å²) >= 11 is 3.00. The number of imidazole rings is 1. The van der Waals surface area contributed by atoms with Crippen molar-refractivity contribution in [3.63, 3.8) is 0 Å². The Kier molecular flexibility index (Phi) is 7.37. The molecule has 0 N–H and O–H groups in total. The molecule has 0 aliphatic heterocycles. The number of methoxy groups -OCH3 is 2. The first-order valence-electron chi connectivity index (χ1n) is 13.5. The van der Waals surface area contributed by atoms with Crippen LogP contribution in [0.25, 0.3) is 32.7 Å². The predicted octanol–water partition coefficient (Wildman–Crippen LogP) is 5.97. The fourth-order valence-electron chi connectivity index (χ4n) is 4.81. The summed E-state index contributed by atoms with van der Waals surface area (Å²) in [7, 11) is 6.76. The lowest BCUT2D eigenvalue weighted by Crippen LogP contribution is -2.30. The smallest absolute Gasteiger partial charge is 0.294 e. The van der Waals surface area contributed by atoms with Crippen LogP contribution in [0.1, 0.15) is 46.1 Å². The number of aryl methyl sites for hydroxylation is 1. The van der Waals surface area contributed by atoms with Gasteiger partial charge in [-0.1, -0.05) is 19.1 Å². The molecule has 12 heteroatoms. The molecule has 1 aliphatic carbocycles. The summed E-state index contributed by atoms with van der Waals surface area (Å²) in [5.41, 5.74) is 3.46. The van der Waals surface area contributed by atoms with Gasteiger partial charge in [0.25, 0.3) is 11.1 Å². The molecule has 4 aromatic heterocycles. The Morgan fingerprint density at radius 2 is 1.95 bits per heavy atom. The topological polar surface area (TPSA) is 104 Å². The Bertz CT molecular complexity index is 1760. The molecule has 0 radical (unpaired) electrons. The van der Waals surface area contributed by atoms with Crippen molar-refractivity contribution in [3.05, 3.63) is 70.1 Å². The summed E-state index contributed by atoms with van der Waals surface area (Å²) in [6.45, 7) is 4.42. The number of hydrogen-bond acceptors (Lipinski definition) is 10. The highest BCUT2D eigenvalue weighted by molar-refractivity contribution is 7.18. The van der Waals surface area contributed by atoms with Crippen LogP contribution in [-0.2, 0) is 28.9 Å². The van der Waals surface area contributed by atoms with Crippen molar-refractivity contribution in [2.45, 2.75) is 38.9 Å². The third-order valence-electron chi connectivity index (χ3n) is 7.19. The van der Waals surface area contributed by atoms with Crippen LogP contribution in [0.4, 0.5) is 0 Å². The molecule has 1 aliphatic rings. The maximum Gasteiger partial charge on any atom is 0.294 e. The predicted molar refractivity (Wildman–Crippen MR) is 162 cm³/mol. The zero-order chi connectivity index (χ0) is 29.6. The van der Waals surface area contributed by atoms with Crippen LogP contribution in [0, 0.1) is 0 Å². The van der Waals surface area contributed by atoms with Crippen molar-refractivity contribution >= 4 is 39.3 Å². The third kappa shape index (κ3) is 5.21. The number of carbonyl (C=O) groups excluding carboxylic acids is 1. The molecule has 0 fully saturated rings. The number of carbonyl (C=O) groups is 1. The molecular weight excluding hydrogens is 574 g/mol. The van der Waals surface area contributed by atoms with Gasteiger partial charge in [0, 0.05) is 43.6 Å². The average Bonchev–Trinajstić information content (AvgIpc) is 3.77. The Labute approximate surface area is 251 Å². The molecule has 0 saturated carbocycles. The third-order valence-corrected chi connectivity index (χ3v) is 9.36. The van der Waals surface area contributed by atoms with Gasteiger partial charge in [0.2, 0.25) is 4.96 Å². The number of aromatic nitrogens is 4. The molecule has 0 bridgehead atoms. The number of rotatable bonds is 9. The first-order valence-corrected chi connectivity index (χ1v) is 15.1. The Balaban J connectivity index is 1.26. The summed E-state index contributed by atoms with van der Waals surface area (Å²) in [5.74, 6) is 2.06. The molecule has 42 heavy (non-hydrogen) atoms. The van der Waals surface area contributed by atoms with E-state index >= 15 is 0 Å². The second kappa shape index (κ2) is 11.0. The summed E-state index contributed by atoms with van der Waals surface area (Å²) in [6, 6.07) is 9.53. The molecule has 1 atom stereocenters. The van der Waals surface area contributed by atoms with Crippen molar-refractivity contribution in [2.24, 2.45) is 0 Å². The molecule has 218 valence electrons. The van der Waals surface area contributed by atoms with Crippen molar-refractivity contribution < 1.29 is 23.4 Å². The van der Waals surface area contributed by atoms with Gasteiger partial charge in [0.15, 0.2) is 5.76 Å². The maximum absolute atomic E-state index is 12.3. The largest absolute Gasteiger partial charge is 0.487 e. The highest BCUT2D eigenvalue weighted by Gasteiger charge is 2.34. The van der Waals surface area contributed by atoms with Gasteiger partial charge in [-0.25, -0.2) is 14.5 Å². The minimum Gasteiger partial charge on any atom is -0.487 e. The molecule has 10 nitrogen and oxygen atoms in total. The SMILES string of the molecule is CCc1sc(-c2ccc(C(=O)N(C)C)cc2)nc1COC1=CC(C)(OC)Cc2oc(-c3cn4nc(OC)sc4n3)cc21. The lowest BCUT2D eigenvalue weighted by molar-refractivity contribution is 0.0410. The average molecular weight is 606 g/mol. The number of amides is 1. The van der Waals surface area contributed by atoms with Gasteiger partial charge in [-0.3, -0.25) is 4.79 Å². The number of ether oxygens (including phenoxy) is 3. The van der Waals surface area contributed by atoms with E-state index in [2.05, 4.69) is 17.0 Å². The van der Waals surface area contributed by atoms with Crippen LogP contribution in [0.3, 0.4) is 0 Å². The first-order chi connectivity index (χ1) is 20.2. The van der Waals surface area contributed by atoms with E-state index in [0.717, 1.165) is 43.8 Å². The van der Waals surface area contributed by atoms with Crippen molar-refractivity contribution in [2.75, 3.05) is 28.3 Å². The second-order valence-corrected chi connectivity index (χ2v) is 12.4. The maximum atomic E-state index is 12.3. The van der Waals surface area contributed by atoms with Gasteiger partial charge in [-0.15, -0.1) is 16.4 Å². The van der Waals surface area contributed by atoms with Crippen molar-refractivity contribution in [1.29, 1.82) is 0 Å². The molecular formula is C30H31N5O5S2. The number of nitrogens with zero attached hydrogens (tertiary/aromatic N) is 5. The normalized spacial score (nSPS) is 16.4. The van der Waals surface area contributed by atoms with E-state index in [4.69, 9.17) is 23.6 Å². The summed E-state index contributed by atoms with van der Waals surface area (Å²) < 4.78 is 25.5. The Morgan fingerprint density at radius 3 is 2.62 bits per heavy atom.